The zero-order valence-electron chi connectivity index (χ0n) is 12.6. The zero-order valence-corrected chi connectivity index (χ0v) is 12.6. The number of carbonyl (C=O) groups is 2. The molecule has 2 heterocycles. The first-order valence-electron chi connectivity index (χ1n) is 7.46. The molecular formula is C15H22N4O2. The van der Waals surface area contributed by atoms with Gasteiger partial charge in [0.15, 0.2) is 0 Å². The molecule has 2 N–H and O–H groups in total. The van der Waals surface area contributed by atoms with Gasteiger partial charge in [0.1, 0.15) is 11.9 Å². The van der Waals surface area contributed by atoms with Crippen LogP contribution in [0.2, 0.25) is 0 Å². The second-order valence-electron chi connectivity index (χ2n) is 5.19. The monoisotopic (exact) mass is 290 g/mol. The SMILES string of the molecule is CCCNc1ccc(CN2C(=O)NC(CCC)C2=O)cn1. The van der Waals surface area contributed by atoms with Gasteiger partial charge in [-0.15, -0.1) is 0 Å². The Hall–Kier alpha value is -2.11. The largest absolute Gasteiger partial charge is 0.370 e. The van der Waals surface area contributed by atoms with Crippen LogP contribution in [0.3, 0.4) is 0 Å². The molecule has 0 bridgehead atoms. The number of rotatable bonds is 7. The van der Waals surface area contributed by atoms with Crippen molar-refractivity contribution in [1.82, 2.24) is 15.2 Å². The average Bonchev–Trinajstić information content (AvgIpc) is 2.75. The molecule has 114 valence electrons. The molecule has 2 rings (SSSR count). The van der Waals surface area contributed by atoms with Crippen LogP contribution in [0.25, 0.3) is 0 Å². The summed E-state index contributed by atoms with van der Waals surface area (Å²) in [7, 11) is 0. The van der Waals surface area contributed by atoms with Gasteiger partial charge in [0, 0.05) is 12.7 Å². The molecule has 1 saturated heterocycles. The predicted molar refractivity (Wildman–Crippen MR) is 80.8 cm³/mol. The van der Waals surface area contributed by atoms with Crippen LogP contribution in [0.5, 0.6) is 0 Å². The normalized spacial score (nSPS) is 18.0. The van der Waals surface area contributed by atoms with Crippen molar-refractivity contribution in [2.75, 3.05) is 11.9 Å². The minimum atomic E-state index is -0.374. The van der Waals surface area contributed by atoms with Crippen LogP contribution < -0.4 is 10.6 Å². The number of carbonyl (C=O) groups excluding carboxylic acids is 2. The standard InChI is InChI=1S/C15H22N4O2/c1-3-5-12-14(20)19(15(21)18-12)10-11-6-7-13(17-9-11)16-8-4-2/h6-7,9,12H,3-5,8,10H2,1-2H3,(H,16,17)(H,18,21). The Morgan fingerprint density at radius 3 is 2.71 bits per heavy atom. The lowest BCUT2D eigenvalue weighted by Gasteiger charge is -2.13. The summed E-state index contributed by atoms with van der Waals surface area (Å²) < 4.78 is 0. The van der Waals surface area contributed by atoms with Crippen molar-refractivity contribution in [3.8, 4) is 0 Å². The van der Waals surface area contributed by atoms with Crippen LogP contribution in [-0.2, 0) is 11.3 Å². The smallest absolute Gasteiger partial charge is 0.325 e. The predicted octanol–water partition coefficient (Wildman–Crippen LogP) is 2.12. The summed E-state index contributed by atoms with van der Waals surface area (Å²) in [5.74, 6) is 0.664. The minimum Gasteiger partial charge on any atom is -0.370 e. The fourth-order valence-corrected chi connectivity index (χ4v) is 2.27. The number of urea groups is 1. The van der Waals surface area contributed by atoms with E-state index < -0.39 is 0 Å². The molecule has 0 aliphatic carbocycles. The molecule has 1 aromatic heterocycles. The summed E-state index contributed by atoms with van der Waals surface area (Å²) in [5.41, 5.74) is 0.845. The van der Waals surface area contributed by atoms with Crippen molar-refractivity contribution in [3.63, 3.8) is 0 Å². The lowest BCUT2D eigenvalue weighted by atomic mass is 10.1. The van der Waals surface area contributed by atoms with Gasteiger partial charge >= 0.3 is 6.03 Å². The Labute approximate surface area is 124 Å². The highest BCUT2D eigenvalue weighted by Crippen LogP contribution is 2.15. The van der Waals surface area contributed by atoms with Crippen molar-refractivity contribution in [1.29, 1.82) is 0 Å². The summed E-state index contributed by atoms with van der Waals surface area (Å²) in [5, 5.41) is 5.90. The van der Waals surface area contributed by atoms with Gasteiger partial charge in [-0.25, -0.2) is 9.78 Å². The third-order valence-electron chi connectivity index (χ3n) is 3.41. The molecule has 1 aliphatic heterocycles. The molecule has 0 spiro atoms. The van der Waals surface area contributed by atoms with Crippen LogP contribution in [0.15, 0.2) is 18.3 Å². The Bertz CT molecular complexity index is 501. The van der Waals surface area contributed by atoms with Crippen molar-refractivity contribution in [3.05, 3.63) is 23.9 Å². The third kappa shape index (κ3) is 3.71. The van der Waals surface area contributed by atoms with E-state index in [1.807, 2.05) is 19.1 Å². The molecule has 1 unspecified atom stereocenters. The van der Waals surface area contributed by atoms with Gasteiger partial charge in [0.25, 0.3) is 5.91 Å². The quantitative estimate of drug-likeness (QED) is 0.754. The number of nitrogens with one attached hydrogen (secondary N) is 2. The van der Waals surface area contributed by atoms with E-state index in [2.05, 4.69) is 22.5 Å². The van der Waals surface area contributed by atoms with Gasteiger partial charge in [0.2, 0.25) is 0 Å². The van der Waals surface area contributed by atoms with E-state index in [4.69, 9.17) is 0 Å². The highest BCUT2D eigenvalue weighted by atomic mass is 16.2. The Morgan fingerprint density at radius 1 is 1.29 bits per heavy atom. The molecular weight excluding hydrogens is 268 g/mol. The summed E-state index contributed by atoms with van der Waals surface area (Å²) >= 11 is 0. The average molecular weight is 290 g/mol. The van der Waals surface area contributed by atoms with Crippen LogP contribution >= 0.6 is 0 Å². The van der Waals surface area contributed by atoms with Crippen LogP contribution in [0.4, 0.5) is 10.6 Å². The van der Waals surface area contributed by atoms with Gasteiger partial charge < -0.3 is 10.6 Å². The molecule has 1 atom stereocenters. The van der Waals surface area contributed by atoms with E-state index in [1.54, 1.807) is 6.20 Å². The van der Waals surface area contributed by atoms with Crippen molar-refractivity contribution < 1.29 is 9.59 Å². The van der Waals surface area contributed by atoms with Gasteiger partial charge in [-0.3, -0.25) is 9.69 Å². The van der Waals surface area contributed by atoms with E-state index in [1.165, 1.54) is 4.90 Å². The minimum absolute atomic E-state index is 0.143. The summed E-state index contributed by atoms with van der Waals surface area (Å²) in [6.07, 6.45) is 4.28. The van der Waals surface area contributed by atoms with E-state index >= 15 is 0 Å². The van der Waals surface area contributed by atoms with E-state index in [0.717, 1.165) is 30.8 Å². The maximum absolute atomic E-state index is 12.1. The number of hydrogen-bond acceptors (Lipinski definition) is 4. The molecule has 3 amide bonds. The Balaban J connectivity index is 1.98. The summed E-state index contributed by atoms with van der Waals surface area (Å²) in [4.78, 5) is 29.5. The Morgan fingerprint density at radius 2 is 2.10 bits per heavy atom. The van der Waals surface area contributed by atoms with Crippen molar-refractivity contribution in [2.24, 2.45) is 0 Å². The number of pyridine rings is 1. The summed E-state index contributed by atoms with van der Waals surface area (Å²) in [6.45, 7) is 5.23. The highest BCUT2D eigenvalue weighted by molar-refractivity contribution is 6.04. The van der Waals surface area contributed by atoms with Gasteiger partial charge in [-0.1, -0.05) is 26.3 Å². The molecule has 0 radical (unpaired) electrons. The molecule has 6 nitrogen and oxygen atoms in total. The number of anilines is 1. The third-order valence-corrected chi connectivity index (χ3v) is 3.41. The van der Waals surface area contributed by atoms with Crippen LogP contribution in [0, 0.1) is 0 Å². The fourth-order valence-electron chi connectivity index (χ4n) is 2.27. The molecule has 21 heavy (non-hydrogen) atoms. The number of hydrogen-bond donors (Lipinski definition) is 2. The first-order valence-corrected chi connectivity index (χ1v) is 7.46. The lowest BCUT2D eigenvalue weighted by Crippen LogP contribution is -2.31. The van der Waals surface area contributed by atoms with E-state index in [0.29, 0.717) is 6.42 Å². The van der Waals surface area contributed by atoms with Gasteiger partial charge in [-0.05, 0) is 24.5 Å². The Kier molecular flexibility index (Phi) is 5.14. The number of nitrogens with zero attached hydrogens (tertiary/aromatic N) is 2. The second kappa shape index (κ2) is 7.06. The van der Waals surface area contributed by atoms with Gasteiger partial charge in [-0.2, -0.15) is 0 Å². The molecule has 0 aromatic carbocycles. The lowest BCUT2D eigenvalue weighted by molar-refractivity contribution is -0.128. The maximum Gasteiger partial charge on any atom is 0.325 e. The summed E-state index contributed by atoms with van der Waals surface area (Å²) in [6, 6.07) is 3.07. The van der Waals surface area contributed by atoms with Crippen LogP contribution in [-0.4, -0.2) is 34.4 Å². The van der Waals surface area contributed by atoms with Crippen molar-refractivity contribution in [2.45, 2.75) is 45.7 Å². The molecule has 0 saturated carbocycles. The fraction of sp³-hybridized carbons (Fsp3) is 0.533. The first-order chi connectivity index (χ1) is 10.2. The first kappa shape index (κ1) is 15.3. The molecule has 1 aliphatic rings. The zero-order chi connectivity index (χ0) is 15.2. The highest BCUT2D eigenvalue weighted by Gasteiger charge is 2.37. The van der Waals surface area contributed by atoms with E-state index in [9.17, 15) is 9.59 Å². The molecule has 6 heteroatoms. The van der Waals surface area contributed by atoms with Gasteiger partial charge in [0.05, 0.1) is 6.54 Å². The van der Waals surface area contributed by atoms with Crippen LogP contribution in [0.1, 0.15) is 38.7 Å². The van der Waals surface area contributed by atoms with Crippen molar-refractivity contribution >= 4 is 17.8 Å². The number of aromatic nitrogens is 1. The topological polar surface area (TPSA) is 74.3 Å². The second-order valence-corrected chi connectivity index (χ2v) is 5.19. The van der Waals surface area contributed by atoms with E-state index in [-0.39, 0.29) is 24.5 Å². The number of imide groups is 1. The molecule has 1 fully saturated rings. The molecule has 1 aromatic rings. The number of amides is 3. The maximum atomic E-state index is 12.1.